The maximum atomic E-state index is 12.2. The molecule has 0 fully saturated rings. The predicted molar refractivity (Wildman–Crippen MR) is 82.3 cm³/mol. The molecule has 22 heavy (non-hydrogen) atoms. The maximum Gasteiger partial charge on any atom is 0.573 e. The van der Waals surface area contributed by atoms with Crippen molar-refractivity contribution in [3.05, 3.63) is 64.8 Å². The molecule has 6 heteroatoms. The van der Waals surface area contributed by atoms with Gasteiger partial charge in [0.15, 0.2) is 0 Å². The lowest BCUT2D eigenvalue weighted by molar-refractivity contribution is -0.274. The maximum absolute atomic E-state index is 12.2. The first-order valence-electron chi connectivity index (χ1n) is 6.53. The zero-order chi connectivity index (χ0) is 15.7. The van der Waals surface area contributed by atoms with Gasteiger partial charge in [-0.1, -0.05) is 18.2 Å². The van der Waals surface area contributed by atoms with Crippen molar-refractivity contribution >= 4 is 27.3 Å². The van der Waals surface area contributed by atoms with Gasteiger partial charge >= 0.3 is 6.36 Å². The summed E-state index contributed by atoms with van der Waals surface area (Å²) in [6.45, 7) is 0. The fraction of sp³-hybridized carbons (Fsp3) is 0.125. The first-order valence-corrected chi connectivity index (χ1v) is 7.32. The van der Waals surface area contributed by atoms with Crippen molar-refractivity contribution in [2.45, 2.75) is 12.8 Å². The number of anilines is 2. The van der Waals surface area contributed by atoms with E-state index in [1.165, 1.54) is 12.1 Å². The molecule has 114 valence electrons. The number of para-hydroxylation sites is 1. The van der Waals surface area contributed by atoms with Gasteiger partial charge in [-0.25, -0.2) is 0 Å². The molecule has 2 aromatic carbocycles. The molecule has 1 heterocycles. The summed E-state index contributed by atoms with van der Waals surface area (Å²) in [5.41, 5.74) is 2.90. The van der Waals surface area contributed by atoms with Crippen molar-refractivity contribution in [2.75, 3.05) is 4.90 Å². The summed E-state index contributed by atoms with van der Waals surface area (Å²) in [5.74, 6) is -0.232. The van der Waals surface area contributed by atoms with E-state index in [2.05, 4.69) is 20.7 Å². The lowest BCUT2D eigenvalue weighted by Crippen LogP contribution is -2.17. The van der Waals surface area contributed by atoms with E-state index in [1.807, 2.05) is 35.4 Å². The highest BCUT2D eigenvalue weighted by molar-refractivity contribution is 9.10. The molecule has 2 aromatic rings. The molecule has 0 amide bonds. The van der Waals surface area contributed by atoms with Gasteiger partial charge in [0.05, 0.1) is 5.69 Å². The quantitative estimate of drug-likeness (QED) is 0.687. The molecule has 0 aromatic heterocycles. The third-order valence-corrected chi connectivity index (χ3v) is 3.89. The number of benzene rings is 2. The SMILES string of the molecule is FC(F)(F)Oc1ccc(N2C=CCc3cccc(Br)c32)cc1. The normalized spacial score (nSPS) is 13.9. The van der Waals surface area contributed by atoms with E-state index in [4.69, 9.17) is 0 Å². The van der Waals surface area contributed by atoms with Crippen LogP contribution in [-0.4, -0.2) is 6.36 Å². The fourth-order valence-corrected chi connectivity index (χ4v) is 2.98. The first-order chi connectivity index (χ1) is 10.4. The van der Waals surface area contributed by atoms with Gasteiger partial charge in [-0.3, -0.25) is 0 Å². The minimum Gasteiger partial charge on any atom is -0.406 e. The van der Waals surface area contributed by atoms with Crippen LogP contribution >= 0.6 is 15.9 Å². The predicted octanol–water partition coefficient (Wildman–Crippen LogP) is 5.56. The van der Waals surface area contributed by atoms with E-state index in [-0.39, 0.29) is 5.75 Å². The molecular weight excluding hydrogens is 359 g/mol. The van der Waals surface area contributed by atoms with E-state index < -0.39 is 6.36 Å². The summed E-state index contributed by atoms with van der Waals surface area (Å²) in [7, 11) is 0. The molecule has 0 radical (unpaired) electrons. The molecule has 0 unspecified atom stereocenters. The summed E-state index contributed by atoms with van der Waals surface area (Å²) in [6.07, 6.45) is 0.0598. The molecule has 0 aliphatic carbocycles. The second kappa shape index (κ2) is 5.68. The molecule has 0 spiro atoms. The number of ether oxygens (including phenoxy) is 1. The summed E-state index contributed by atoms with van der Waals surface area (Å²) in [6, 6.07) is 11.7. The largest absolute Gasteiger partial charge is 0.573 e. The van der Waals surface area contributed by atoms with Crippen molar-refractivity contribution < 1.29 is 17.9 Å². The number of hydrogen-bond acceptors (Lipinski definition) is 2. The second-order valence-corrected chi connectivity index (χ2v) is 5.60. The average molecular weight is 370 g/mol. The average Bonchev–Trinajstić information content (AvgIpc) is 2.46. The Kier molecular flexibility index (Phi) is 3.87. The Morgan fingerprint density at radius 1 is 1.05 bits per heavy atom. The molecule has 0 saturated heterocycles. The number of halogens is 4. The van der Waals surface area contributed by atoms with E-state index >= 15 is 0 Å². The van der Waals surface area contributed by atoms with Gasteiger partial charge in [0.2, 0.25) is 0 Å². The van der Waals surface area contributed by atoms with Crippen LogP contribution in [0.5, 0.6) is 5.75 Å². The molecule has 2 nitrogen and oxygen atoms in total. The molecule has 1 aliphatic rings. The van der Waals surface area contributed by atoms with E-state index in [0.717, 1.165) is 27.8 Å². The zero-order valence-corrected chi connectivity index (χ0v) is 12.9. The van der Waals surface area contributed by atoms with Gasteiger partial charge in [-0.15, -0.1) is 13.2 Å². The van der Waals surface area contributed by atoms with Crippen LogP contribution in [0.4, 0.5) is 24.5 Å². The number of rotatable bonds is 2. The Bertz CT molecular complexity index is 710. The van der Waals surface area contributed by atoms with Crippen LogP contribution in [-0.2, 0) is 6.42 Å². The Labute approximate surface area is 133 Å². The van der Waals surface area contributed by atoms with Crippen molar-refractivity contribution in [3.63, 3.8) is 0 Å². The summed E-state index contributed by atoms with van der Waals surface area (Å²) in [4.78, 5) is 1.93. The van der Waals surface area contributed by atoms with Gasteiger partial charge in [-0.2, -0.15) is 0 Å². The van der Waals surface area contributed by atoms with Crippen LogP contribution < -0.4 is 9.64 Å². The van der Waals surface area contributed by atoms with Crippen LogP contribution in [0.25, 0.3) is 0 Å². The topological polar surface area (TPSA) is 12.5 Å². The van der Waals surface area contributed by atoms with Crippen molar-refractivity contribution in [1.82, 2.24) is 0 Å². The van der Waals surface area contributed by atoms with Crippen LogP contribution in [0.15, 0.2) is 59.2 Å². The van der Waals surface area contributed by atoms with Crippen LogP contribution in [0.2, 0.25) is 0 Å². The Hall–Kier alpha value is -1.95. The monoisotopic (exact) mass is 369 g/mol. The van der Waals surface area contributed by atoms with Crippen molar-refractivity contribution in [3.8, 4) is 5.75 Å². The minimum absolute atomic E-state index is 0.232. The van der Waals surface area contributed by atoms with Crippen molar-refractivity contribution in [1.29, 1.82) is 0 Å². The number of nitrogens with zero attached hydrogens (tertiary/aromatic N) is 1. The fourth-order valence-electron chi connectivity index (χ4n) is 2.38. The minimum atomic E-state index is -4.68. The highest BCUT2D eigenvalue weighted by atomic mass is 79.9. The Morgan fingerprint density at radius 2 is 1.77 bits per heavy atom. The zero-order valence-electron chi connectivity index (χ0n) is 11.3. The Morgan fingerprint density at radius 3 is 2.45 bits per heavy atom. The molecular formula is C16H11BrF3NO. The van der Waals surface area contributed by atoms with Gasteiger partial charge in [-0.05, 0) is 58.2 Å². The van der Waals surface area contributed by atoms with E-state index in [0.29, 0.717) is 0 Å². The highest BCUT2D eigenvalue weighted by Gasteiger charge is 2.31. The summed E-state index contributed by atoms with van der Waals surface area (Å²) >= 11 is 3.52. The molecule has 0 bridgehead atoms. The summed E-state index contributed by atoms with van der Waals surface area (Å²) < 4.78 is 41.4. The molecule has 0 N–H and O–H groups in total. The van der Waals surface area contributed by atoms with Crippen molar-refractivity contribution in [2.24, 2.45) is 0 Å². The van der Waals surface area contributed by atoms with Crippen LogP contribution in [0.3, 0.4) is 0 Å². The molecule has 0 atom stereocenters. The third kappa shape index (κ3) is 3.11. The molecule has 1 aliphatic heterocycles. The van der Waals surface area contributed by atoms with Gasteiger partial charge < -0.3 is 9.64 Å². The van der Waals surface area contributed by atoms with Gasteiger partial charge in [0.1, 0.15) is 5.75 Å². The van der Waals surface area contributed by atoms with E-state index in [9.17, 15) is 13.2 Å². The number of fused-ring (bicyclic) bond motifs is 1. The van der Waals surface area contributed by atoms with Crippen LogP contribution in [0.1, 0.15) is 5.56 Å². The Balaban J connectivity index is 1.92. The molecule has 0 saturated carbocycles. The number of allylic oxidation sites excluding steroid dienone is 1. The first kappa shape index (κ1) is 15.0. The standard InChI is InChI=1S/C16H11BrF3NO/c17-14-5-1-3-11-4-2-10-21(15(11)14)12-6-8-13(9-7-12)22-16(18,19)20/h1-3,5-10H,4H2. The second-order valence-electron chi connectivity index (χ2n) is 4.75. The number of alkyl halides is 3. The van der Waals surface area contributed by atoms with Gasteiger partial charge in [0, 0.05) is 16.4 Å². The summed E-state index contributed by atoms with van der Waals surface area (Å²) in [5, 5.41) is 0. The lowest BCUT2D eigenvalue weighted by Gasteiger charge is -2.28. The lowest BCUT2D eigenvalue weighted by atomic mass is 10.1. The highest BCUT2D eigenvalue weighted by Crippen LogP contribution is 2.39. The van der Waals surface area contributed by atoms with Gasteiger partial charge in [0.25, 0.3) is 0 Å². The van der Waals surface area contributed by atoms with E-state index in [1.54, 1.807) is 12.1 Å². The third-order valence-electron chi connectivity index (χ3n) is 3.25. The number of hydrogen-bond donors (Lipinski definition) is 0. The van der Waals surface area contributed by atoms with Crippen LogP contribution in [0, 0.1) is 0 Å². The smallest absolute Gasteiger partial charge is 0.406 e. The molecule has 3 rings (SSSR count).